The summed E-state index contributed by atoms with van der Waals surface area (Å²) in [5.41, 5.74) is 7.15. The van der Waals surface area contributed by atoms with Crippen LogP contribution in [-0.2, 0) is 0 Å². The number of nitrogens with zero attached hydrogens (tertiary/aromatic N) is 1. The molecule has 0 aromatic heterocycles. The highest BCUT2D eigenvalue weighted by Crippen LogP contribution is 2.37. The summed E-state index contributed by atoms with van der Waals surface area (Å²) < 4.78 is 13.4. The molecule has 0 radical (unpaired) electrons. The van der Waals surface area contributed by atoms with Gasteiger partial charge >= 0.3 is 0 Å². The van der Waals surface area contributed by atoms with Crippen molar-refractivity contribution in [3.8, 4) is 5.75 Å². The third kappa shape index (κ3) is 2.49. The van der Waals surface area contributed by atoms with Crippen molar-refractivity contribution in [2.24, 2.45) is 11.7 Å². The van der Waals surface area contributed by atoms with E-state index in [1.807, 2.05) is 6.07 Å². The Morgan fingerprint density at radius 1 is 1.56 bits per heavy atom. The van der Waals surface area contributed by atoms with E-state index in [-0.39, 0.29) is 11.8 Å². The van der Waals surface area contributed by atoms with E-state index >= 15 is 0 Å². The Morgan fingerprint density at radius 2 is 2.28 bits per heavy atom. The quantitative estimate of drug-likeness (QED) is 0.868. The van der Waals surface area contributed by atoms with Gasteiger partial charge < -0.3 is 10.8 Å². The van der Waals surface area contributed by atoms with Crippen LogP contribution in [0.4, 0.5) is 4.39 Å². The van der Waals surface area contributed by atoms with Crippen molar-refractivity contribution in [1.82, 2.24) is 4.90 Å². The van der Waals surface area contributed by atoms with Gasteiger partial charge in [0, 0.05) is 18.2 Å². The number of rotatable bonds is 3. The summed E-state index contributed by atoms with van der Waals surface area (Å²) in [7, 11) is 2.06. The predicted molar refractivity (Wildman–Crippen MR) is 70.2 cm³/mol. The topological polar surface area (TPSA) is 49.5 Å². The second-order valence-corrected chi connectivity index (χ2v) is 5.23. The Hall–Kier alpha value is -1.13. The lowest BCUT2D eigenvalue weighted by Gasteiger charge is -2.21. The Morgan fingerprint density at radius 3 is 2.83 bits per heavy atom. The van der Waals surface area contributed by atoms with Crippen molar-refractivity contribution in [3.63, 3.8) is 0 Å². The standard InChI is InChI=1S/C14H21FN2O/c1-9(15)12-6-11(3-4-14(12)18)13-5-10(7-16)8-17(13)2/h3-4,6,9-10,13,18H,5,7-8,16H2,1-2H3. The summed E-state index contributed by atoms with van der Waals surface area (Å²) in [6.45, 7) is 3.10. The lowest BCUT2D eigenvalue weighted by Crippen LogP contribution is -2.20. The Kier molecular flexibility index (Phi) is 3.88. The molecule has 0 amide bonds. The largest absolute Gasteiger partial charge is 0.508 e. The molecule has 3 nitrogen and oxygen atoms in total. The maximum absolute atomic E-state index is 13.4. The summed E-state index contributed by atoms with van der Waals surface area (Å²) in [6, 6.07) is 5.52. The van der Waals surface area contributed by atoms with E-state index < -0.39 is 6.17 Å². The zero-order chi connectivity index (χ0) is 13.3. The van der Waals surface area contributed by atoms with Crippen LogP contribution in [0.5, 0.6) is 5.75 Å². The van der Waals surface area contributed by atoms with E-state index in [0.717, 1.165) is 18.5 Å². The summed E-state index contributed by atoms with van der Waals surface area (Å²) in [5.74, 6) is 0.532. The lowest BCUT2D eigenvalue weighted by atomic mass is 9.97. The zero-order valence-corrected chi connectivity index (χ0v) is 10.9. The highest BCUT2D eigenvalue weighted by Gasteiger charge is 2.30. The van der Waals surface area contributed by atoms with Gasteiger partial charge in [0.15, 0.2) is 0 Å². The van der Waals surface area contributed by atoms with E-state index in [0.29, 0.717) is 18.0 Å². The molecule has 1 aromatic rings. The van der Waals surface area contributed by atoms with Crippen LogP contribution in [0.3, 0.4) is 0 Å². The fraction of sp³-hybridized carbons (Fsp3) is 0.571. The molecule has 1 heterocycles. The van der Waals surface area contributed by atoms with Gasteiger partial charge in [-0.2, -0.15) is 0 Å². The van der Waals surface area contributed by atoms with E-state index in [1.165, 1.54) is 6.92 Å². The molecule has 1 saturated heterocycles. The van der Waals surface area contributed by atoms with Gasteiger partial charge in [-0.15, -0.1) is 0 Å². The smallest absolute Gasteiger partial charge is 0.126 e. The highest BCUT2D eigenvalue weighted by molar-refractivity contribution is 5.39. The van der Waals surface area contributed by atoms with Crippen molar-refractivity contribution < 1.29 is 9.50 Å². The minimum atomic E-state index is -1.15. The van der Waals surface area contributed by atoms with Crippen molar-refractivity contribution in [1.29, 1.82) is 0 Å². The number of phenols is 1. The molecule has 100 valence electrons. The van der Waals surface area contributed by atoms with Crippen molar-refractivity contribution in [2.45, 2.75) is 25.6 Å². The van der Waals surface area contributed by atoms with E-state index in [4.69, 9.17) is 5.73 Å². The van der Waals surface area contributed by atoms with Crippen molar-refractivity contribution in [3.05, 3.63) is 29.3 Å². The first kappa shape index (κ1) is 13.3. The van der Waals surface area contributed by atoms with Gasteiger partial charge in [0.05, 0.1) is 0 Å². The minimum Gasteiger partial charge on any atom is -0.508 e. The molecule has 1 fully saturated rings. The first-order valence-electron chi connectivity index (χ1n) is 6.40. The van der Waals surface area contributed by atoms with Crippen LogP contribution < -0.4 is 5.73 Å². The molecule has 0 bridgehead atoms. The number of halogens is 1. The minimum absolute atomic E-state index is 0.0322. The van der Waals surface area contributed by atoms with Crippen LogP contribution in [0.15, 0.2) is 18.2 Å². The normalized spacial score (nSPS) is 26.4. The number of nitrogens with two attached hydrogens (primary N) is 1. The number of hydrogen-bond donors (Lipinski definition) is 2. The second kappa shape index (κ2) is 5.24. The fourth-order valence-electron chi connectivity index (χ4n) is 2.76. The first-order valence-corrected chi connectivity index (χ1v) is 6.40. The third-order valence-corrected chi connectivity index (χ3v) is 3.83. The van der Waals surface area contributed by atoms with Crippen LogP contribution in [0.2, 0.25) is 0 Å². The number of likely N-dealkylation sites (tertiary alicyclic amines) is 1. The third-order valence-electron chi connectivity index (χ3n) is 3.83. The SMILES string of the molecule is CC(F)c1cc(C2CC(CN)CN2C)ccc1O. The molecular formula is C14H21FN2O. The van der Waals surface area contributed by atoms with Gasteiger partial charge in [-0.25, -0.2) is 4.39 Å². The average Bonchev–Trinajstić information content (AvgIpc) is 2.71. The second-order valence-electron chi connectivity index (χ2n) is 5.23. The molecule has 2 rings (SSSR count). The molecule has 0 spiro atoms. The predicted octanol–water partition coefficient (Wildman–Crippen LogP) is 2.37. The fourth-order valence-corrected chi connectivity index (χ4v) is 2.76. The maximum Gasteiger partial charge on any atom is 0.126 e. The van der Waals surface area contributed by atoms with Gasteiger partial charge in [-0.3, -0.25) is 4.90 Å². The van der Waals surface area contributed by atoms with Crippen LogP contribution in [-0.4, -0.2) is 30.1 Å². The summed E-state index contributed by atoms with van der Waals surface area (Å²) in [6.07, 6.45) is -0.153. The van der Waals surface area contributed by atoms with Gasteiger partial charge in [0.1, 0.15) is 11.9 Å². The molecule has 3 atom stereocenters. The molecule has 1 aromatic carbocycles. The van der Waals surface area contributed by atoms with E-state index in [1.54, 1.807) is 12.1 Å². The number of aromatic hydroxyl groups is 1. The molecule has 1 aliphatic rings. The highest BCUT2D eigenvalue weighted by atomic mass is 19.1. The van der Waals surface area contributed by atoms with E-state index in [9.17, 15) is 9.50 Å². The Labute approximate surface area is 107 Å². The lowest BCUT2D eigenvalue weighted by molar-refractivity contribution is 0.311. The van der Waals surface area contributed by atoms with Gasteiger partial charge in [0.2, 0.25) is 0 Å². The van der Waals surface area contributed by atoms with E-state index in [2.05, 4.69) is 11.9 Å². The molecule has 3 unspecified atom stereocenters. The Balaban J connectivity index is 2.26. The number of phenolic OH excluding ortho intramolecular Hbond substituents is 1. The van der Waals surface area contributed by atoms with Crippen molar-refractivity contribution in [2.75, 3.05) is 20.1 Å². The molecule has 18 heavy (non-hydrogen) atoms. The van der Waals surface area contributed by atoms with Gasteiger partial charge in [-0.1, -0.05) is 6.07 Å². The first-order chi connectivity index (χ1) is 8.52. The molecule has 4 heteroatoms. The number of benzene rings is 1. The van der Waals surface area contributed by atoms with Crippen LogP contribution >= 0.6 is 0 Å². The average molecular weight is 252 g/mol. The van der Waals surface area contributed by atoms with Crippen molar-refractivity contribution >= 4 is 0 Å². The molecule has 1 aliphatic heterocycles. The van der Waals surface area contributed by atoms with Crippen LogP contribution in [0.25, 0.3) is 0 Å². The maximum atomic E-state index is 13.4. The number of hydrogen-bond acceptors (Lipinski definition) is 3. The molecular weight excluding hydrogens is 231 g/mol. The molecule has 0 aliphatic carbocycles. The van der Waals surface area contributed by atoms with Gasteiger partial charge in [-0.05, 0) is 50.6 Å². The summed E-state index contributed by atoms with van der Waals surface area (Å²) in [5, 5.41) is 9.64. The number of alkyl halides is 1. The van der Waals surface area contributed by atoms with Crippen LogP contribution in [0.1, 0.15) is 36.7 Å². The monoisotopic (exact) mass is 252 g/mol. The van der Waals surface area contributed by atoms with Gasteiger partial charge in [0.25, 0.3) is 0 Å². The Bertz CT molecular complexity index is 422. The van der Waals surface area contributed by atoms with Crippen LogP contribution in [0, 0.1) is 5.92 Å². The summed E-state index contributed by atoms with van der Waals surface area (Å²) >= 11 is 0. The summed E-state index contributed by atoms with van der Waals surface area (Å²) in [4.78, 5) is 2.25. The molecule has 0 saturated carbocycles. The molecule has 3 N–H and O–H groups in total. The zero-order valence-electron chi connectivity index (χ0n) is 10.9.